The van der Waals surface area contributed by atoms with Crippen LogP contribution in [0.25, 0.3) is 0 Å². The summed E-state index contributed by atoms with van der Waals surface area (Å²) in [6, 6.07) is 10.2. The maximum absolute atomic E-state index is 10.9. The molecule has 0 heterocycles. The molecule has 0 fully saturated rings. The maximum Gasteiger partial charge on any atom is 0.323 e. The molecule has 0 aliphatic carbocycles. The summed E-state index contributed by atoms with van der Waals surface area (Å²) in [5.74, 6) is -0.543. The molecule has 3 nitrogen and oxygen atoms in total. The lowest BCUT2D eigenvalue weighted by molar-refractivity contribution is -0.142. The molecule has 0 saturated carbocycles. The molecule has 0 aromatic heterocycles. The van der Waals surface area contributed by atoms with Crippen molar-refractivity contribution in [3.05, 3.63) is 35.9 Å². The second-order valence-electron chi connectivity index (χ2n) is 4.78. The summed E-state index contributed by atoms with van der Waals surface area (Å²) in [5.41, 5.74) is 5.88. The number of aliphatic carboxylic acids is 1. The van der Waals surface area contributed by atoms with Crippen LogP contribution in [0.2, 0.25) is 0 Å². The van der Waals surface area contributed by atoms with Crippen LogP contribution in [0.3, 0.4) is 0 Å². The highest BCUT2D eigenvalue weighted by atomic mass is 16.4. The molecule has 1 rings (SSSR count). The number of rotatable bonds is 6. The number of carboxylic acid groups (broad SMARTS) is 1. The summed E-state index contributed by atoms with van der Waals surface area (Å²) in [7, 11) is 0. The summed E-state index contributed by atoms with van der Waals surface area (Å²) < 4.78 is 0. The molecule has 3 heteroatoms. The first-order chi connectivity index (χ1) is 7.97. The van der Waals surface area contributed by atoms with E-state index in [-0.39, 0.29) is 0 Å². The van der Waals surface area contributed by atoms with Crippen molar-refractivity contribution in [3.8, 4) is 0 Å². The number of carbonyl (C=O) groups is 1. The van der Waals surface area contributed by atoms with Gasteiger partial charge in [0.25, 0.3) is 0 Å². The van der Waals surface area contributed by atoms with Crippen LogP contribution in [0, 0.1) is 0 Å². The van der Waals surface area contributed by atoms with Gasteiger partial charge in [0.15, 0.2) is 0 Å². The summed E-state index contributed by atoms with van der Waals surface area (Å²) in [4.78, 5) is 10.9. The van der Waals surface area contributed by atoms with Gasteiger partial charge in [0.05, 0.1) is 0 Å². The highest BCUT2D eigenvalue weighted by Gasteiger charge is 2.28. The predicted octanol–water partition coefficient (Wildman–Crippen LogP) is 2.76. The van der Waals surface area contributed by atoms with Gasteiger partial charge in [0, 0.05) is 0 Å². The third-order valence-electron chi connectivity index (χ3n) is 3.26. The maximum atomic E-state index is 10.9. The molecular weight excluding hydrogens is 214 g/mol. The van der Waals surface area contributed by atoms with Gasteiger partial charge in [-0.1, -0.05) is 37.3 Å². The Bertz CT molecular complexity index is 360. The van der Waals surface area contributed by atoms with Crippen molar-refractivity contribution in [2.24, 2.45) is 5.73 Å². The SMILES string of the molecule is CC[C@@H](CC[C@@](C)(N)C(=O)O)c1ccccc1. The van der Waals surface area contributed by atoms with Crippen molar-refractivity contribution in [3.63, 3.8) is 0 Å². The van der Waals surface area contributed by atoms with Crippen LogP contribution in [-0.2, 0) is 4.79 Å². The molecule has 3 N–H and O–H groups in total. The zero-order valence-corrected chi connectivity index (χ0v) is 10.5. The van der Waals surface area contributed by atoms with Crippen LogP contribution in [-0.4, -0.2) is 16.6 Å². The summed E-state index contributed by atoms with van der Waals surface area (Å²) in [5, 5.41) is 8.97. The minimum atomic E-state index is -1.12. The third kappa shape index (κ3) is 3.86. The average molecular weight is 235 g/mol. The Balaban J connectivity index is 2.63. The smallest absolute Gasteiger partial charge is 0.323 e. The average Bonchev–Trinajstić information content (AvgIpc) is 2.31. The number of hydrogen-bond acceptors (Lipinski definition) is 2. The number of nitrogens with two attached hydrogens (primary N) is 1. The molecule has 0 amide bonds. The molecule has 0 unspecified atom stereocenters. The molecular formula is C14H21NO2. The minimum absolute atomic E-state index is 0.387. The largest absolute Gasteiger partial charge is 0.480 e. The summed E-state index contributed by atoms with van der Waals surface area (Å²) >= 11 is 0. The predicted molar refractivity (Wildman–Crippen MR) is 68.9 cm³/mol. The fourth-order valence-electron chi connectivity index (χ4n) is 1.91. The van der Waals surface area contributed by atoms with E-state index in [1.807, 2.05) is 18.2 Å². The van der Waals surface area contributed by atoms with Gasteiger partial charge >= 0.3 is 5.97 Å². The van der Waals surface area contributed by atoms with Crippen molar-refractivity contribution in [1.29, 1.82) is 0 Å². The third-order valence-corrected chi connectivity index (χ3v) is 3.26. The normalized spacial score (nSPS) is 16.2. The van der Waals surface area contributed by atoms with E-state index in [0.29, 0.717) is 12.3 Å². The molecule has 0 spiro atoms. The van der Waals surface area contributed by atoms with E-state index in [0.717, 1.165) is 12.8 Å². The molecule has 0 aliphatic rings. The minimum Gasteiger partial charge on any atom is -0.480 e. The van der Waals surface area contributed by atoms with Gasteiger partial charge in [-0.05, 0) is 37.7 Å². The van der Waals surface area contributed by atoms with Gasteiger partial charge < -0.3 is 10.8 Å². The highest BCUT2D eigenvalue weighted by Crippen LogP contribution is 2.26. The summed E-state index contributed by atoms with van der Waals surface area (Å²) in [6.45, 7) is 3.69. The van der Waals surface area contributed by atoms with Gasteiger partial charge in [-0.25, -0.2) is 0 Å². The first-order valence-electron chi connectivity index (χ1n) is 6.04. The van der Waals surface area contributed by atoms with E-state index in [9.17, 15) is 4.79 Å². The monoisotopic (exact) mass is 235 g/mol. The van der Waals surface area contributed by atoms with E-state index in [2.05, 4.69) is 19.1 Å². The first kappa shape index (κ1) is 13.7. The second-order valence-corrected chi connectivity index (χ2v) is 4.78. The Kier molecular flexibility index (Phi) is 4.70. The molecule has 1 aromatic rings. The lowest BCUT2D eigenvalue weighted by Crippen LogP contribution is -2.44. The molecule has 2 atom stereocenters. The van der Waals surface area contributed by atoms with E-state index >= 15 is 0 Å². The van der Waals surface area contributed by atoms with Crippen LogP contribution in [0.1, 0.15) is 44.6 Å². The molecule has 0 saturated heterocycles. The van der Waals surface area contributed by atoms with Gasteiger partial charge in [-0.2, -0.15) is 0 Å². The number of carboxylic acids is 1. The van der Waals surface area contributed by atoms with Crippen molar-refractivity contribution in [1.82, 2.24) is 0 Å². The van der Waals surface area contributed by atoms with Crippen LogP contribution in [0.5, 0.6) is 0 Å². The first-order valence-corrected chi connectivity index (χ1v) is 6.04. The van der Waals surface area contributed by atoms with Crippen LogP contribution >= 0.6 is 0 Å². The van der Waals surface area contributed by atoms with Crippen LogP contribution in [0.15, 0.2) is 30.3 Å². The summed E-state index contributed by atoms with van der Waals surface area (Å²) in [6.07, 6.45) is 2.30. The molecule has 94 valence electrons. The second kappa shape index (κ2) is 5.82. The Morgan fingerprint density at radius 1 is 1.41 bits per heavy atom. The molecule has 0 aliphatic heterocycles. The molecule has 0 radical (unpaired) electrons. The Morgan fingerprint density at radius 2 is 2.00 bits per heavy atom. The quantitative estimate of drug-likeness (QED) is 0.797. The highest BCUT2D eigenvalue weighted by molar-refractivity contribution is 5.77. The van der Waals surface area contributed by atoms with Gasteiger partial charge in [-0.15, -0.1) is 0 Å². The molecule has 0 bridgehead atoms. The van der Waals surface area contributed by atoms with E-state index in [1.54, 1.807) is 6.92 Å². The van der Waals surface area contributed by atoms with Gasteiger partial charge in [0.2, 0.25) is 0 Å². The lowest BCUT2D eigenvalue weighted by atomic mass is 9.86. The topological polar surface area (TPSA) is 63.3 Å². The van der Waals surface area contributed by atoms with Crippen molar-refractivity contribution < 1.29 is 9.90 Å². The van der Waals surface area contributed by atoms with Gasteiger partial charge in [0.1, 0.15) is 5.54 Å². The zero-order chi connectivity index (χ0) is 12.9. The van der Waals surface area contributed by atoms with Crippen molar-refractivity contribution >= 4 is 5.97 Å². The Labute approximate surface area is 103 Å². The van der Waals surface area contributed by atoms with Crippen LogP contribution in [0.4, 0.5) is 0 Å². The fraction of sp³-hybridized carbons (Fsp3) is 0.500. The van der Waals surface area contributed by atoms with E-state index in [1.165, 1.54) is 5.56 Å². The zero-order valence-electron chi connectivity index (χ0n) is 10.5. The van der Waals surface area contributed by atoms with E-state index in [4.69, 9.17) is 10.8 Å². The van der Waals surface area contributed by atoms with E-state index < -0.39 is 11.5 Å². The standard InChI is InChI=1S/C14H21NO2/c1-3-11(12-7-5-4-6-8-12)9-10-14(2,15)13(16)17/h4-8,11H,3,9-10,15H2,1-2H3,(H,16,17)/t11-,14+/m0/s1. The molecule has 1 aromatic carbocycles. The lowest BCUT2D eigenvalue weighted by Gasteiger charge is -2.22. The number of benzene rings is 1. The van der Waals surface area contributed by atoms with Gasteiger partial charge in [-0.3, -0.25) is 4.79 Å². The van der Waals surface area contributed by atoms with Crippen LogP contribution < -0.4 is 5.73 Å². The Hall–Kier alpha value is -1.35. The fourth-order valence-corrected chi connectivity index (χ4v) is 1.91. The van der Waals surface area contributed by atoms with Crippen molar-refractivity contribution in [2.45, 2.75) is 44.6 Å². The Morgan fingerprint density at radius 3 is 2.47 bits per heavy atom. The van der Waals surface area contributed by atoms with Crippen molar-refractivity contribution in [2.75, 3.05) is 0 Å². The number of hydrogen-bond donors (Lipinski definition) is 2. The molecule has 17 heavy (non-hydrogen) atoms.